The second-order valence-corrected chi connectivity index (χ2v) is 11.0. The molecule has 2 aromatic rings. The zero-order chi connectivity index (χ0) is 16.0. The van der Waals surface area contributed by atoms with Crippen LogP contribution in [0, 0.1) is 5.82 Å². The van der Waals surface area contributed by atoms with Crippen LogP contribution in [0.1, 0.15) is 31.9 Å². The van der Waals surface area contributed by atoms with Gasteiger partial charge >= 0.3 is 0 Å². The van der Waals surface area contributed by atoms with Gasteiger partial charge in [-0.1, -0.05) is 87.1 Å². The van der Waals surface area contributed by atoms with Crippen LogP contribution in [0.2, 0.25) is 18.1 Å². The number of hydrogen-bond acceptors (Lipinski definition) is 0. The standard InChI is InChI=1S/C20H25FSi/c1-4-22(5-2,6-3)16-20(17-10-8-7-9-11-17)18-12-14-19(21)15-13-18/h7-16H,4-6H2,1-3H3/b20-16+. The van der Waals surface area contributed by atoms with Crippen molar-refractivity contribution in [1.29, 1.82) is 0 Å². The van der Waals surface area contributed by atoms with Crippen LogP contribution >= 0.6 is 0 Å². The molecule has 0 radical (unpaired) electrons. The van der Waals surface area contributed by atoms with Gasteiger partial charge in [-0.15, -0.1) is 0 Å². The molecule has 2 heteroatoms. The third-order valence-electron chi connectivity index (χ3n) is 4.80. The Morgan fingerprint density at radius 1 is 0.818 bits per heavy atom. The van der Waals surface area contributed by atoms with Crippen LogP contribution in [-0.4, -0.2) is 8.07 Å². The number of halogens is 1. The summed E-state index contributed by atoms with van der Waals surface area (Å²) in [6, 6.07) is 21.1. The smallest absolute Gasteiger partial charge is 0.123 e. The minimum absolute atomic E-state index is 0.179. The van der Waals surface area contributed by atoms with Crippen LogP contribution in [0.3, 0.4) is 0 Å². The van der Waals surface area contributed by atoms with Crippen molar-refractivity contribution in [1.82, 2.24) is 0 Å². The normalized spacial score (nSPS) is 12.5. The van der Waals surface area contributed by atoms with Crippen molar-refractivity contribution in [3.05, 3.63) is 77.2 Å². The predicted octanol–water partition coefficient (Wildman–Crippen LogP) is 6.31. The van der Waals surface area contributed by atoms with Crippen LogP contribution in [0.5, 0.6) is 0 Å². The zero-order valence-corrected chi connectivity index (χ0v) is 14.8. The van der Waals surface area contributed by atoms with Crippen molar-refractivity contribution >= 4 is 13.6 Å². The molecule has 0 heterocycles. The van der Waals surface area contributed by atoms with E-state index in [1.807, 2.05) is 18.2 Å². The maximum absolute atomic E-state index is 13.3. The van der Waals surface area contributed by atoms with Gasteiger partial charge < -0.3 is 0 Å². The van der Waals surface area contributed by atoms with E-state index < -0.39 is 8.07 Å². The molecule has 0 aliphatic carbocycles. The highest BCUT2D eigenvalue weighted by Crippen LogP contribution is 2.30. The first-order valence-electron chi connectivity index (χ1n) is 8.18. The van der Waals surface area contributed by atoms with E-state index in [2.05, 4.69) is 50.7 Å². The van der Waals surface area contributed by atoms with Crippen molar-refractivity contribution in [2.45, 2.75) is 38.9 Å². The molecule has 0 nitrogen and oxygen atoms in total. The maximum atomic E-state index is 13.3. The molecule has 0 unspecified atom stereocenters. The highest BCUT2D eigenvalue weighted by Gasteiger charge is 2.25. The Kier molecular flexibility index (Phi) is 5.73. The lowest BCUT2D eigenvalue weighted by Gasteiger charge is -2.26. The van der Waals surface area contributed by atoms with E-state index in [-0.39, 0.29) is 5.82 Å². The number of rotatable bonds is 6. The van der Waals surface area contributed by atoms with Crippen LogP contribution in [-0.2, 0) is 0 Å². The summed E-state index contributed by atoms with van der Waals surface area (Å²) in [5.74, 6) is -0.179. The summed E-state index contributed by atoms with van der Waals surface area (Å²) >= 11 is 0. The Labute approximate surface area is 134 Å². The van der Waals surface area contributed by atoms with Gasteiger partial charge in [-0.05, 0) is 28.8 Å². The largest absolute Gasteiger partial charge is 0.207 e. The average molecular weight is 313 g/mol. The fourth-order valence-electron chi connectivity index (χ4n) is 2.94. The van der Waals surface area contributed by atoms with E-state index in [4.69, 9.17) is 0 Å². The van der Waals surface area contributed by atoms with Gasteiger partial charge in [0.2, 0.25) is 0 Å². The molecule has 2 aromatic carbocycles. The van der Waals surface area contributed by atoms with Gasteiger partial charge in [-0.2, -0.15) is 0 Å². The molecule has 0 atom stereocenters. The zero-order valence-electron chi connectivity index (χ0n) is 13.8. The van der Waals surface area contributed by atoms with E-state index in [9.17, 15) is 4.39 Å². The lowest BCUT2D eigenvalue weighted by molar-refractivity contribution is 0.627. The van der Waals surface area contributed by atoms with Gasteiger partial charge in [0.25, 0.3) is 0 Å². The molecular formula is C20H25FSi. The van der Waals surface area contributed by atoms with Crippen LogP contribution in [0.4, 0.5) is 4.39 Å². The maximum Gasteiger partial charge on any atom is 0.123 e. The Bertz CT molecular complexity index is 602. The number of hydrogen-bond donors (Lipinski definition) is 0. The fraction of sp³-hybridized carbons (Fsp3) is 0.300. The second kappa shape index (κ2) is 7.55. The molecular weight excluding hydrogens is 287 g/mol. The molecule has 0 amide bonds. The molecule has 0 aliphatic heterocycles. The first kappa shape index (κ1) is 16.7. The summed E-state index contributed by atoms with van der Waals surface area (Å²) in [5, 5.41) is 0. The summed E-state index contributed by atoms with van der Waals surface area (Å²) in [6.45, 7) is 6.93. The predicted molar refractivity (Wildman–Crippen MR) is 97.1 cm³/mol. The van der Waals surface area contributed by atoms with Crippen molar-refractivity contribution < 1.29 is 4.39 Å². The summed E-state index contributed by atoms with van der Waals surface area (Å²) in [5.41, 5.74) is 6.13. The van der Waals surface area contributed by atoms with Gasteiger partial charge in [0.15, 0.2) is 0 Å². The van der Waals surface area contributed by atoms with E-state index in [1.54, 1.807) is 12.1 Å². The first-order chi connectivity index (χ1) is 10.6. The Morgan fingerprint density at radius 2 is 1.32 bits per heavy atom. The lowest BCUT2D eigenvalue weighted by atomic mass is 10.00. The monoisotopic (exact) mass is 312 g/mol. The first-order valence-corrected chi connectivity index (χ1v) is 10.9. The SMILES string of the molecule is CC[Si](/C=C(\c1ccccc1)c1ccc(F)cc1)(CC)CC. The molecule has 0 N–H and O–H groups in total. The van der Waals surface area contributed by atoms with Gasteiger partial charge in [-0.3, -0.25) is 0 Å². The van der Waals surface area contributed by atoms with E-state index >= 15 is 0 Å². The fourth-order valence-corrected chi connectivity index (χ4v) is 6.00. The van der Waals surface area contributed by atoms with Gasteiger partial charge in [0, 0.05) is 0 Å². The third kappa shape index (κ3) is 3.75. The van der Waals surface area contributed by atoms with E-state index in [0.29, 0.717) is 0 Å². The molecule has 0 saturated heterocycles. The molecule has 0 fully saturated rings. The molecule has 2 rings (SSSR count). The van der Waals surface area contributed by atoms with Gasteiger partial charge in [0.1, 0.15) is 5.82 Å². The Morgan fingerprint density at radius 3 is 1.82 bits per heavy atom. The van der Waals surface area contributed by atoms with Gasteiger partial charge in [-0.25, -0.2) is 4.39 Å². The number of benzene rings is 2. The van der Waals surface area contributed by atoms with Crippen molar-refractivity contribution in [2.75, 3.05) is 0 Å². The molecule has 116 valence electrons. The third-order valence-corrected chi connectivity index (χ3v) is 9.93. The highest BCUT2D eigenvalue weighted by molar-refractivity contribution is 6.85. The molecule has 0 aromatic heterocycles. The average Bonchev–Trinajstić information content (AvgIpc) is 2.59. The van der Waals surface area contributed by atoms with E-state index in [1.165, 1.54) is 29.3 Å². The summed E-state index contributed by atoms with van der Waals surface area (Å²) in [7, 11) is -1.42. The molecule has 0 aliphatic rings. The van der Waals surface area contributed by atoms with Crippen molar-refractivity contribution in [3.63, 3.8) is 0 Å². The molecule has 0 saturated carbocycles. The highest BCUT2D eigenvalue weighted by atomic mass is 28.3. The summed E-state index contributed by atoms with van der Waals surface area (Å²) in [4.78, 5) is 0. The summed E-state index contributed by atoms with van der Waals surface area (Å²) < 4.78 is 13.3. The summed E-state index contributed by atoms with van der Waals surface area (Å²) in [6.07, 6.45) is 0. The lowest BCUT2D eigenvalue weighted by Crippen LogP contribution is -2.29. The van der Waals surface area contributed by atoms with Gasteiger partial charge in [0.05, 0.1) is 8.07 Å². The minimum atomic E-state index is -1.42. The Hall–Kier alpha value is -1.67. The molecule has 22 heavy (non-hydrogen) atoms. The molecule has 0 bridgehead atoms. The van der Waals surface area contributed by atoms with Crippen LogP contribution in [0.15, 0.2) is 60.3 Å². The quantitative estimate of drug-likeness (QED) is 0.549. The Balaban J connectivity index is 2.58. The van der Waals surface area contributed by atoms with Crippen molar-refractivity contribution in [2.24, 2.45) is 0 Å². The second-order valence-electron chi connectivity index (χ2n) is 5.85. The van der Waals surface area contributed by atoms with E-state index in [0.717, 1.165) is 5.56 Å². The van der Waals surface area contributed by atoms with Crippen LogP contribution < -0.4 is 0 Å². The topological polar surface area (TPSA) is 0 Å². The minimum Gasteiger partial charge on any atom is -0.207 e. The van der Waals surface area contributed by atoms with Crippen LogP contribution in [0.25, 0.3) is 5.57 Å². The molecule has 0 spiro atoms. The van der Waals surface area contributed by atoms with Crippen molar-refractivity contribution in [3.8, 4) is 0 Å².